The first-order valence-electron chi connectivity index (χ1n) is 5.67. The van der Waals surface area contributed by atoms with Crippen molar-refractivity contribution < 1.29 is 13.0 Å². The Bertz CT molecular complexity index is 433. The molecule has 0 bridgehead atoms. The fraction of sp³-hybridized carbons (Fsp3) is 0.500. The second-order valence-corrected chi connectivity index (χ2v) is 5.71. The minimum atomic E-state index is -4.02. The van der Waals surface area contributed by atoms with E-state index < -0.39 is 10.1 Å². The molecular weight excluding hydrogens is 238 g/mol. The molecule has 0 radical (unpaired) electrons. The van der Waals surface area contributed by atoms with Crippen molar-refractivity contribution >= 4 is 10.1 Å². The largest absolute Gasteiger partial charge is 0.314 e. The second-order valence-electron chi connectivity index (χ2n) is 4.29. The fourth-order valence-corrected chi connectivity index (χ4v) is 2.05. The average Bonchev–Trinajstić information content (AvgIpc) is 2.69. The molecule has 0 unspecified atom stereocenters. The highest BCUT2D eigenvalue weighted by Gasteiger charge is 2.07. The van der Waals surface area contributed by atoms with Crippen molar-refractivity contribution in [2.45, 2.75) is 37.6 Å². The molecule has 1 aliphatic rings. The Morgan fingerprint density at radius 2 is 1.88 bits per heavy atom. The molecule has 0 spiro atoms. The minimum absolute atomic E-state index is 0.0666. The zero-order valence-electron chi connectivity index (χ0n) is 10.2. The topological polar surface area (TPSA) is 66.4 Å². The molecule has 2 N–H and O–H groups in total. The van der Waals surface area contributed by atoms with Crippen LogP contribution in [0.1, 0.15) is 25.3 Å². The Morgan fingerprint density at radius 3 is 2.18 bits per heavy atom. The van der Waals surface area contributed by atoms with Gasteiger partial charge in [-0.05, 0) is 45.4 Å². The molecule has 1 aromatic rings. The summed E-state index contributed by atoms with van der Waals surface area (Å²) in [6.07, 6.45) is 2.75. The molecule has 1 saturated heterocycles. The Labute approximate surface area is 103 Å². The van der Waals surface area contributed by atoms with Crippen LogP contribution in [0.3, 0.4) is 0 Å². The predicted octanol–water partition coefficient (Wildman–Crippen LogP) is 2.00. The van der Waals surface area contributed by atoms with E-state index in [2.05, 4.69) is 12.2 Å². The third-order valence-corrected chi connectivity index (χ3v) is 3.49. The lowest BCUT2D eigenvalue weighted by Gasteiger charge is -1.95. The van der Waals surface area contributed by atoms with Gasteiger partial charge in [0.25, 0.3) is 10.1 Å². The minimum Gasteiger partial charge on any atom is -0.314 e. The van der Waals surface area contributed by atoms with Crippen molar-refractivity contribution in [3.05, 3.63) is 29.8 Å². The van der Waals surface area contributed by atoms with E-state index in [-0.39, 0.29) is 4.90 Å². The van der Waals surface area contributed by atoms with Gasteiger partial charge >= 0.3 is 0 Å². The summed E-state index contributed by atoms with van der Waals surface area (Å²) >= 11 is 0. The van der Waals surface area contributed by atoms with Crippen molar-refractivity contribution in [2.75, 3.05) is 6.54 Å². The maximum absolute atomic E-state index is 10.5. The lowest BCUT2D eigenvalue weighted by atomic mass is 10.2. The maximum atomic E-state index is 10.5. The van der Waals surface area contributed by atoms with Gasteiger partial charge in [0.1, 0.15) is 0 Å². The van der Waals surface area contributed by atoms with Gasteiger partial charge in [0.05, 0.1) is 4.90 Å². The Kier molecular flexibility index (Phi) is 5.11. The summed E-state index contributed by atoms with van der Waals surface area (Å²) in [5.41, 5.74) is 0.956. The zero-order chi connectivity index (χ0) is 12.9. The molecule has 0 aromatic heterocycles. The van der Waals surface area contributed by atoms with Gasteiger partial charge in [-0.2, -0.15) is 8.42 Å². The highest BCUT2D eigenvalue weighted by molar-refractivity contribution is 7.85. The average molecular weight is 257 g/mol. The first kappa shape index (κ1) is 14.2. The predicted molar refractivity (Wildman–Crippen MR) is 67.7 cm³/mol. The highest BCUT2D eigenvalue weighted by Crippen LogP contribution is 2.08. The molecule has 4 nitrogen and oxygen atoms in total. The Morgan fingerprint density at radius 1 is 1.29 bits per heavy atom. The molecule has 17 heavy (non-hydrogen) atoms. The lowest BCUT2D eigenvalue weighted by Crippen LogP contribution is -2.16. The van der Waals surface area contributed by atoms with Crippen LogP contribution in [0.5, 0.6) is 0 Å². The normalized spacial score (nSPS) is 19.6. The molecule has 0 aliphatic carbocycles. The molecule has 1 atom stereocenters. The molecule has 0 amide bonds. The molecule has 1 heterocycles. The summed E-state index contributed by atoms with van der Waals surface area (Å²) in [6.45, 7) is 5.31. The molecule has 5 heteroatoms. The van der Waals surface area contributed by atoms with E-state index in [1.165, 1.54) is 31.5 Å². The first-order chi connectivity index (χ1) is 7.89. The van der Waals surface area contributed by atoms with Crippen LogP contribution in [0.15, 0.2) is 29.2 Å². The third-order valence-electron chi connectivity index (χ3n) is 2.63. The SMILES string of the molecule is C[C@H]1CCCN1.Cc1ccc(S(=O)(=O)O)cc1. The number of nitrogens with one attached hydrogen (secondary N) is 1. The Hall–Kier alpha value is -0.910. The van der Waals surface area contributed by atoms with Gasteiger partial charge in [0.15, 0.2) is 0 Å². The standard InChI is InChI=1S/C7H8O3S.C5H11N/c1-6-2-4-7(5-3-6)11(8,9)10;1-5-3-2-4-6-5/h2-5H,1H3,(H,8,9,10);5-6H,2-4H2,1H3/t;5-/m.0/s1. The van der Waals surface area contributed by atoms with E-state index in [1.807, 2.05) is 6.92 Å². The van der Waals surface area contributed by atoms with Crippen molar-refractivity contribution in [1.82, 2.24) is 5.32 Å². The Balaban J connectivity index is 0.000000202. The quantitative estimate of drug-likeness (QED) is 0.755. The van der Waals surface area contributed by atoms with Crippen LogP contribution in [0.2, 0.25) is 0 Å². The summed E-state index contributed by atoms with van der Waals surface area (Å²) in [5, 5.41) is 3.32. The van der Waals surface area contributed by atoms with E-state index in [0.717, 1.165) is 11.6 Å². The summed E-state index contributed by atoms with van der Waals surface area (Å²) in [4.78, 5) is -0.0666. The summed E-state index contributed by atoms with van der Waals surface area (Å²) in [6, 6.07) is 6.78. The number of aryl methyl sites for hydroxylation is 1. The van der Waals surface area contributed by atoms with Crippen LogP contribution in [-0.4, -0.2) is 25.6 Å². The van der Waals surface area contributed by atoms with E-state index in [4.69, 9.17) is 4.55 Å². The maximum Gasteiger partial charge on any atom is 0.294 e. The summed E-state index contributed by atoms with van der Waals surface area (Å²) in [5.74, 6) is 0. The number of hydrogen-bond donors (Lipinski definition) is 2. The highest BCUT2D eigenvalue weighted by atomic mass is 32.2. The first-order valence-corrected chi connectivity index (χ1v) is 7.11. The van der Waals surface area contributed by atoms with Gasteiger partial charge < -0.3 is 5.32 Å². The summed E-state index contributed by atoms with van der Waals surface area (Å²) < 4.78 is 29.6. The number of rotatable bonds is 1. The van der Waals surface area contributed by atoms with Crippen LogP contribution >= 0.6 is 0 Å². The molecule has 2 rings (SSSR count). The van der Waals surface area contributed by atoms with Gasteiger partial charge in [-0.15, -0.1) is 0 Å². The zero-order valence-corrected chi connectivity index (χ0v) is 11.0. The molecule has 1 aromatic carbocycles. The summed E-state index contributed by atoms with van der Waals surface area (Å²) in [7, 11) is -4.02. The van der Waals surface area contributed by atoms with Crippen molar-refractivity contribution in [1.29, 1.82) is 0 Å². The molecule has 96 valence electrons. The van der Waals surface area contributed by atoms with Gasteiger partial charge in [-0.25, -0.2) is 0 Å². The number of benzene rings is 1. The van der Waals surface area contributed by atoms with E-state index in [1.54, 1.807) is 12.1 Å². The van der Waals surface area contributed by atoms with Gasteiger partial charge in [0, 0.05) is 6.04 Å². The van der Waals surface area contributed by atoms with E-state index in [9.17, 15) is 8.42 Å². The van der Waals surface area contributed by atoms with Crippen molar-refractivity contribution in [3.63, 3.8) is 0 Å². The monoisotopic (exact) mass is 257 g/mol. The van der Waals surface area contributed by atoms with E-state index in [0.29, 0.717) is 0 Å². The van der Waals surface area contributed by atoms with Crippen LogP contribution in [-0.2, 0) is 10.1 Å². The van der Waals surface area contributed by atoms with Crippen LogP contribution in [0.4, 0.5) is 0 Å². The molecular formula is C12H19NO3S. The van der Waals surface area contributed by atoms with Gasteiger partial charge in [-0.1, -0.05) is 17.7 Å². The smallest absolute Gasteiger partial charge is 0.294 e. The van der Waals surface area contributed by atoms with E-state index >= 15 is 0 Å². The molecule has 1 aliphatic heterocycles. The number of hydrogen-bond acceptors (Lipinski definition) is 3. The molecule has 0 saturated carbocycles. The van der Waals surface area contributed by atoms with Crippen molar-refractivity contribution in [2.24, 2.45) is 0 Å². The van der Waals surface area contributed by atoms with Crippen LogP contribution < -0.4 is 5.32 Å². The van der Waals surface area contributed by atoms with Crippen LogP contribution in [0.25, 0.3) is 0 Å². The van der Waals surface area contributed by atoms with Gasteiger partial charge in [0.2, 0.25) is 0 Å². The van der Waals surface area contributed by atoms with Crippen LogP contribution in [0, 0.1) is 6.92 Å². The third kappa shape index (κ3) is 5.30. The lowest BCUT2D eigenvalue weighted by molar-refractivity contribution is 0.483. The van der Waals surface area contributed by atoms with Crippen molar-refractivity contribution in [3.8, 4) is 0 Å². The molecule has 1 fully saturated rings. The second kappa shape index (κ2) is 6.14. The van der Waals surface area contributed by atoms with Gasteiger partial charge in [-0.3, -0.25) is 4.55 Å². The fourth-order valence-electron chi connectivity index (χ4n) is 1.57.